The van der Waals surface area contributed by atoms with Gasteiger partial charge < -0.3 is 15.3 Å². The van der Waals surface area contributed by atoms with Gasteiger partial charge in [-0.25, -0.2) is 9.48 Å². The number of carboxylic acids is 1. The predicted octanol–water partition coefficient (Wildman–Crippen LogP) is 5.49. The van der Waals surface area contributed by atoms with Crippen molar-refractivity contribution in [3.8, 4) is 11.6 Å². The Balaban J connectivity index is 1.63. The number of aromatic hydroxyl groups is 2. The van der Waals surface area contributed by atoms with Crippen molar-refractivity contribution >= 4 is 40.4 Å². The summed E-state index contributed by atoms with van der Waals surface area (Å²) in [5, 5.41) is 43.3. The first-order valence-corrected chi connectivity index (χ1v) is 11.5. The first kappa shape index (κ1) is 23.3. The Bertz CT molecular complexity index is 1160. The lowest BCUT2D eigenvalue weighted by Crippen LogP contribution is -2.35. The number of azo groups is 1. The van der Waals surface area contributed by atoms with Gasteiger partial charge in [0.15, 0.2) is 5.69 Å². The largest absolute Gasteiger partial charge is 0.507 e. The predicted molar refractivity (Wildman–Crippen MR) is 126 cm³/mol. The minimum absolute atomic E-state index is 0.0124. The summed E-state index contributed by atoms with van der Waals surface area (Å²) in [4.78, 5) is 12.2. The molecule has 0 saturated heterocycles. The topological polar surface area (TPSA) is 120 Å². The number of aromatic nitrogens is 2. The first-order valence-electron chi connectivity index (χ1n) is 10.6. The minimum Gasteiger partial charge on any atom is -0.507 e. The quantitative estimate of drug-likeness (QED) is 0.377. The van der Waals surface area contributed by atoms with Crippen molar-refractivity contribution in [1.29, 1.82) is 0 Å². The number of aryl methyl sites for hydroxylation is 1. The second-order valence-corrected chi connectivity index (χ2v) is 9.50. The average molecular weight is 491 g/mol. The molecule has 0 radical (unpaired) electrons. The standard InChI is InChI=1S/C23H24Cl2N4O4/c1-13-20(21(31)29(27-13)15-8-9-17(24)18(25)11-15)26-28-23(22(32)33)10-4-5-14(12-23)16-6-2-3-7-19(16)30/h2-7,10,15,17-18,30-31H,8-9,11-12H2,1H3,(H,32,33)/b28-26+. The van der Waals surface area contributed by atoms with Gasteiger partial charge in [0.25, 0.3) is 0 Å². The second kappa shape index (κ2) is 9.19. The number of alkyl halides is 2. The van der Waals surface area contributed by atoms with E-state index in [0.717, 1.165) is 0 Å². The van der Waals surface area contributed by atoms with E-state index < -0.39 is 11.5 Å². The van der Waals surface area contributed by atoms with E-state index in [1.165, 1.54) is 16.8 Å². The normalized spacial score (nSPS) is 27.6. The van der Waals surface area contributed by atoms with Gasteiger partial charge in [-0.3, -0.25) is 0 Å². The van der Waals surface area contributed by atoms with Gasteiger partial charge in [0.1, 0.15) is 5.75 Å². The van der Waals surface area contributed by atoms with Gasteiger partial charge in [-0.1, -0.05) is 30.4 Å². The summed E-state index contributed by atoms with van der Waals surface area (Å²) in [6.45, 7) is 1.67. The lowest BCUT2D eigenvalue weighted by Gasteiger charge is -2.29. The van der Waals surface area contributed by atoms with Gasteiger partial charge in [-0.2, -0.15) is 10.2 Å². The molecule has 0 amide bonds. The van der Waals surface area contributed by atoms with Gasteiger partial charge in [0.2, 0.25) is 11.4 Å². The Labute approximate surface area is 200 Å². The van der Waals surface area contributed by atoms with Crippen LogP contribution in [0.2, 0.25) is 0 Å². The van der Waals surface area contributed by atoms with E-state index in [1.807, 2.05) is 0 Å². The lowest BCUT2D eigenvalue weighted by atomic mass is 9.84. The van der Waals surface area contributed by atoms with Crippen molar-refractivity contribution in [2.24, 2.45) is 10.2 Å². The number of halogens is 2. The van der Waals surface area contributed by atoms with Gasteiger partial charge in [-0.15, -0.1) is 28.3 Å². The maximum Gasteiger partial charge on any atom is 0.337 e. The van der Waals surface area contributed by atoms with Crippen LogP contribution in [-0.4, -0.2) is 47.4 Å². The zero-order chi connectivity index (χ0) is 23.8. The highest BCUT2D eigenvalue weighted by molar-refractivity contribution is 6.30. The molecular formula is C23H24Cl2N4O4. The second-order valence-electron chi connectivity index (χ2n) is 8.38. The van der Waals surface area contributed by atoms with Crippen LogP contribution in [0.1, 0.15) is 43.0 Å². The molecule has 2 aliphatic carbocycles. The summed E-state index contributed by atoms with van der Waals surface area (Å²) < 4.78 is 1.47. The molecule has 0 bridgehead atoms. The molecule has 1 saturated carbocycles. The van der Waals surface area contributed by atoms with E-state index in [4.69, 9.17) is 23.2 Å². The van der Waals surface area contributed by atoms with Crippen molar-refractivity contribution in [3.05, 3.63) is 53.8 Å². The summed E-state index contributed by atoms with van der Waals surface area (Å²) >= 11 is 12.5. The Kier molecular flexibility index (Phi) is 6.50. The number of hydrogen-bond donors (Lipinski definition) is 3. The van der Waals surface area contributed by atoms with Crippen molar-refractivity contribution < 1.29 is 20.1 Å². The molecule has 33 heavy (non-hydrogen) atoms. The Hall–Kier alpha value is -2.84. The van der Waals surface area contributed by atoms with E-state index in [0.29, 0.717) is 36.1 Å². The monoisotopic (exact) mass is 490 g/mol. The number of phenolic OH excluding ortho intramolecular Hbond substituents is 1. The first-order chi connectivity index (χ1) is 15.7. The third-order valence-corrected chi connectivity index (χ3v) is 7.25. The number of hydrogen-bond acceptors (Lipinski definition) is 6. The Morgan fingerprint density at radius 2 is 1.97 bits per heavy atom. The fourth-order valence-corrected chi connectivity index (χ4v) is 4.80. The van der Waals surface area contributed by atoms with Crippen LogP contribution in [0.15, 0.2) is 52.7 Å². The molecule has 2 aromatic rings. The third-order valence-electron chi connectivity index (χ3n) is 6.12. The molecule has 4 atom stereocenters. The molecule has 0 spiro atoms. The van der Waals surface area contributed by atoms with Gasteiger partial charge in [-0.05, 0) is 43.9 Å². The van der Waals surface area contributed by atoms with Crippen LogP contribution in [0, 0.1) is 6.92 Å². The van der Waals surface area contributed by atoms with Gasteiger partial charge in [0, 0.05) is 12.0 Å². The van der Waals surface area contributed by atoms with Crippen LogP contribution < -0.4 is 0 Å². The fraction of sp³-hybridized carbons (Fsp3) is 0.391. The number of benzene rings is 1. The zero-order valence-electron chi connectivity index (χ0n) is 17.9. The number of carboxylic acid groups (broad SMARTS) is 1. The summed E-state index contributed by atoms with van der Waals surface area (Å²) in [7, 11) is 0. The van der Waals surface area contributed by atoms with Crippen LogP contribution in [0.25, 0.3) is 5.57 Å². The molecule has 3 N–H and O–H groups in total. The summed E-state index contributed by atoms with van der Waals surface area (Å²) in [5.41, 5.74) is -0.0146. The molecular weight excluding hydrogens is 467 g/mol. The van der Waals surface area contributed by atoms with Crippen LogP contribution in [-0.2, 0) is 4.79 Å². The lowest BCUT2D eigenvalue weighted by molar-refractivity contribution is -0.141. The number of para-hydroxylation sites is 1. The van der Waals surface area contributed by atoms with Crippen molar-refractivity contribution in [2.75, 3.05) is 0 Å². The smallest absolute Gasteiger partial charge is 0.337 e. The van der Waals surface area contributed by atoms with E-state index in [2.05, 4.69) is 15.3 Å². The van der Waals surface area contributed by atoms with E-state index in [9.17, 15) is 20.1 Å². The van der Waals surface area contributed by atoms with Crippen LogP contribution in [0.4, 0.5) is 5.69 Å². The summed E-state index contributed by atoms with van der Waals surface area (Å²) in [6, 6.07) is 6.57. The number of carbonyl (C=O) groups is 1. The molecule has 4 unspecified atom stereocenters. The van der Waals surface area contributed by atoms with Crippen molar-refractivity contribution in [2.45, 2.75) is 54.9 Å². The molecule has 10 heteroatoms. The Morgan fingerprint density at radius 3 is 2.67 bits per heavy atom. The molecule has 8 nitrogen and oxygen atoms in total. The maximum absolute atomic E-state index is 12.2. The summed E-state index contributed by atoms with van der Waals surface area (Å²) in [6.07, 6.45) is 6.71. The number of nitrogens with zero attached hydrogens (tertiary/aromatic N) is 4. The van der Waals surface area contributed by atoms with Crippen LogP contribution in [0.3, 0.4) is 0 Å². The highest BCUT2D eigenvalue weighted by Crippen LogP contribution is 2.42. The Morgan fingerprint density at radius 1 is 1.21 bits per heavy atom. The van der Waals surface area contributed by atoms with E-state index in [-0.39, 0.29) is 40.5 Å². The van der Waals surface area contributed by atoms with Crippen molar-refractivity contribution in [3.63, 3.8) is 0 Å². The minimum atomic E-state index is -1.69. The SMILES string of the molecule is Cc1nn(C2CCC(Cl)C(Cl)C2)c(O)c1/N=N/C1(C(=O)O)C=CC=C(c2ccccc2O)C1. The molecule has 1 aromatic heterocycles. The molecule has 1 heterocycles. The molecule has 1 aromatic carbocycles. The maximum atomic E-state index is 12.2. The number of allylic oxidation sites excluding steroid dienone is 2. The highest BCUT2D eigenvalue weighted by atomic mass is 35.5. The highest BCUT2D eigenvalue weighted by Gasteiger charge is 2.40. The average Bonchev–Trinajstić information content (AvgIpc) is 3.08. The van der Waals surface area contributed by atoms with E-state index in [1.54, 1.807) is 37.3 Å². The third kappa shape index (κ3) is 4.50. The van der Waals surface area contributed by atoms with E-state index >= 15 is 0 Å². The fourth-order valence-electron chi connectivity index (χ4n) is 4.24. The number of aliphatic carboxylic acids is 1. The molecule has 174 valence electrons. The molecule has 2 aliphatic rings. The molecule has 4 rings (SSSR count). The van der Waals surface area contributed by atoms with Gasteiger partial charge in [0.05, 0.1) is 22.5 Å². The van der Waals surface area contributed by atoms with Crippen LogP contribution in [0.5, 0.6) is 11.6 Å². The molecule has 0 aliphatic heterocycles. The van der Waals surface area contributed by atoms with Crippen LogP contribution >= 0.6 is 23.2 Å². The molecule has 1 fully saturated rings. The number of phenols is 1. The van der Waals surface area contributed by atoms with Crippen molar-refractivity contribution in [1.82, 2.24) is 9.78 Å². The summed E-state index contributed by atoms with van der Waals surface area (Å²) in [5.74, 6) is -1.33. The van der Waals surface area contributed by atoms with Gasteiger partial charge >= 0.3 is 5.97 Å². The number of rotatable bonds is 5. The zero-order valence-corrected chi connectivity index (χ0v) is 19.4.